The van der Waals surface area contributed by atoms with Crippen molar-refractivity contribution < 1.29 is 18.0 Å². The van der Waals surface area contributed by atoms with Gasteiger partial charge in [-0.25, -0.2) is 8.42 Å². The molecule has 0 unspecified atom stereocenters. The van der Waals surface area contributed by atoms with Crippen LogP contribution in [0.15, 0.2) is 47.4 Å². The van der Waals surface area contributed by atoms with Crippen molar-refractivity contribution >= 4 is 33.2 Å². The van der Waals surface area contributed by atoms with Crippen LogP contribution in [0, 0.1) is 12.3 Å². The molecule has 0 aliphatic carbocycles. The van der Waals surface area contributed by atoms with Gasteiger partial charge in [0.25, 0.3) is 10.0 Å². The molecule has 0 saturated carbocycles. The molecule has 4 rings (SSSR count). The molecule has 4 N–H and O–H groups in total. The highest BCUT2D eigenvalue weighted by Crippen LogP contribution is 2.41. The predicted octanol–water partition coefficient (Wildman–Crippen LogP) is 2.00. The second-order valence-electron chi connectivity index (χ2n) is 8.29. The Hall–Kier alpha value is -3.07. The second-order valence-corrected chi connectivity index (χ2v) is 9.97. The van der Waals surface area contributed by atoms with E-state index in [1.54, 1.807) is 36.4 Å². The summed E-state index contributed by atoms with van der Waals surface area (Å²) < 4.78 is 28.6. The van der Waals surface area contributed by atoms with Gasteiger partial charge in [0.2, 0.25) is 11.8 Å². The SMILES string of the molecule is Cc1ccc(S(=O)(=O)Nc2cc(C(N)=O)ccc2N2CCC3(CCNC3=O)CC2)cc1. The highest BCUT2D eigenvalue weighted by molar-refractivity contribution is 7.92. The van der Waals surface area contributed by atoms with Crippen LogP contribution in [0.1, 0.15) is 35.2 Å². The number of benzene rings is 2. The zero-order valence-corrected chi connectivity index (χ0v) is 18.2. The summed E-state index contributed by atoms with van der Waals surface area (Å²) in [6, 6.07) is 11.3. The number of nitrogens with zero attached hydrogens (tertiary/aromatic N) is 1. The molecule has 9 heteroatoms. The largest absolute Gasteiger partial charge is 0.370 e. The summed E-state index contributed by atoms with van der Waals surface area (Å²) in [5.41, 5.74) is 7.22. The number of aryl methyl sites for hydroxylation is 1. The van der Waals surface area contributed by atoms with Crippen LogP contribution in [0.2, 0.25) is 0 Å². The molecule has 0 aromatic heterocycles. The lowest BCUT2D eigenvalue weighted by Gasteiger charge is -2.39. The molecule has 2 saturated heterocycles. The first-order valence-electron chi connectivity index (χ1n) is 10.3. The molecule has 2 aromatic carbocycles. The van der Waals surface area contributed by atoms with Crippen molar-refractivity contribution in [3.63, 3.8) is 0 Å². The van der Waals surface area contributed by atoms with Gasteiger partial charge >= 0.3 is 0 Å². The number of nitrogens with two attached hydrogens (primary N) is 1. The number of nitrogens with one attached hydrogen (secondary N) is 2. The Bertz CT molecular complexity index is 1120. The molecule has 164 valence electrons. The molecule has 2 aliphatic rings. The Balaban J connectivity index is 1.64. The molecule has 1 spiro atoms. The maximum atomic E-state index is 13.0. The number of amides is 2. The fourth-order valence-corrected chi connectivity index (χ4v) is 5.40. The summed E-state index contributed by atoms with van der Waals surface area (Å²) in [6.07, 6.45) is 2.22. The Kier molecular flexibility index (Phi) is 5.38. The summed E-state index contributed by atoms with van der Waals surface area (Å²) in [5, 5.41) is 2.92. The first-order valence-corrected chi connectivity index (χ1v) is 11.8. The number of carbonyl (C=O) groups is 2. The van der Waals surface area contributed by atoms with Crippen molar-refractivity contribution in [3.05, 3.63) is 53.6 Å². The standard InChI is InChI=1S/C22H26N4O4S/c1-15-2-5-17(6-3-15)31(29,30)25-18-14-16(20(23)27)4-7-19(18)26-12-9-22(10-13-26)8-11-24-21(22)28/h2-7,14,25H,8-13H2,1H3,(H2,23,27)(H,24,28). The zero-order valence-electron chi connectivity index (χ0n) is 17.3. The minimum atomic E-state index is -3.86. The number of primary amides is 1. The lowest BCUT2D eigenvalue weighted by Crippen LogP contribution is -2.44. The number of sulfonamides is 1. The van der Waals surface area contributed by atoms with Gasteiger partial charge in [-0.2, -0.15) is 0 Å². The van der Waals surface area contributed by atoms with Crippen LogP contribution in [0.25, 0.3) is 0 Å². The second kappa shape index (κ2) is 7.88. The number of carbonyl (C=O) groups excluding carboxylic acids is 2. The molecule has 31 heavy (non-hydrogen) atoms. The molecule has 2 fully saturated rings. The number of anilines is 2. The van der Waals surface area contributed by atoms with E-state index in [2.05, 4.69) is 14.9 Å². The molecule has 2 heterocycles. The van der Waals surface area contributed by atoms with Gasteiger partial charge in [0.1, 0.15) is 0 Å². The third-order valence-corrected chi connectivity index (χ3v) is 7.67. The van der Waals surface area contributed by atoms with Crippen LogP contribution < -0.4 is 20.7 Å². The van der Waals surface area contributed by atoms with E-state index in [1.807, 2.05) is 6.92 Å². The molecule has 2 aromatic rings. The summed E-state index contributed by atoms with van der Waals surface area (Å²) in [4.78, 5) is 26.2. The lowest BCUT2D eigenvalue weighted by atomic mass is 9.77. The quantitative estimate of drug-likeness (QED) is 0.654. The van der Waals surface area contributed by atoms with Gasteiger partial charge in [-0.15, -0.1) is 0 Å². The van der Waals surface area contributed by atoms with Gasteiger partial charge in [-0.1, -0.05) is 17.7 Å². The molecule has 2 aliphatic heterocycles. The van der Waals surface area contributed by atoms with Gasteiger partial charge in [0.05, 0.1) is 21.7 Å². The van der Waals surface area contributed by atoms with Crippen LogP contribution in [0.4, 0.5) is 11.4 Å². The topological polar surface area (TPSA) is 122 Å². The van der Waals surface area contributed by atoms with Crippen molar-refractivity contribution in [2.24, 2.45) is 11.1 Å². The number of piperidine rings is 1. The van der Waals surface area contributed by atoms with Crippen molar-refractivity contribution in [1.29, 1.82) is 0 Å². The maximum Gasteiger partial charge on any atom is 0.261 e. The van der Waals surface area contributed by atoms with Crippen LogP contribution in [0.3, 0.4) is 0 Å². The van der Waals surface area contributed by atoms with Crippen molar-refractivity contribution in [1.82, 2.24) is 5.32 Å². The van der Waals surface area contributed by atoms with Gasteiger partial charge in [-0.05, 0) is 56.5 Å². The number of rotatable bonds is 5. The Morgan fingerprint density at radius 1 is 1.10 bits per heavy atom. The Morgan fingerprint density at radius 2 is 1.77 bits per heavy atom. The van der Waals surface area contributed by atoms with E-state index < -0.39 is 15.9 Å². The van der Waals surface area contributed by atoms with E-state index in [4.69, 9.17) is 5.73 Å². The highest BCUT2D eigenvalue weighted by Gasteiger charge is 2.44. The maximum absolute atomic E-state index is 13.0. The first kappa shape index (κ1) is 21.2. The fourth-order valence-electron chi connectivity index (χ4n) is 4.34. The third-order valence-electron chi connectivity index (χ3n) is 6.29. The molecule has 2 amide bonds. The van der Waals surface area contributed by atoms with Crippen molar-refractivity contribution in [2.75, 3.05) is 29.3 Å². The van der Waals surface area contributed by atoms with Crippen LogP contribution in [-0.4, -0.2) is 39.9 Å². The van der Waals surface area contributed by atoms with E-state index in [9.17, 15) is 18.0 Å². The predicted molar refractivity (Wildman–Crippen MR) is 118 cm³/mol. The van der Waals surface area contributed by atoms with Gasteiger partial charge < -0.3 is 16.0 Å². The first-order chi connectivity index (χ1) is 14.7. The average Bonchev–Trinajstić information content (AvgIpc) is 3.08. The van der Waals surface area contributed by atoms with Crippen LogP contribution in [0.5, 0.6) is 0 Å². The monoisotopic (exact) mass is 442 g/mol. The number of hydrogen-bond acceptors (Lipinski definition) is 5. The van der Waals surface area contributed by atoms with Gasteiger partial charge in [0, 0.05) is 25.2 Å². The summed E-state index contributed by atoms with van der Waals surface area (Å²) in [5.74, 6) is -0.529. The molecular formula is C22H26N4O4S. The average molecular weight is 443 g/mol. The molecule has 0 atom stereocenters. The van der Waals surface area contributed by atoms with Crippen molar-refractivity contribution in [2.45, 2.75) is 31.1 Å². The Labute approximate surface area is 181 Å². The third kappa shape index (κ3) is 4.10. The molecule has 8 nitrogen and oxygen atoms in total. The molecule has 0 bridgehead atoms. The molecular weight excluding hydrogens is 416 g/mol. The highest BCUT2D eigenvalue weighted by atomic mass is 32.2. The molecule has 0 radical (unpaired) electrons. The van der Waals surface area contributed by atoms with Crippen molar-refractivity contribution in [3.8, 4) is 0 Å². The Morgan fingerprint density at radius 3 is 2.35 bits per heavy atom. The van der Waals surface area contributed by atoms with Crippen LogP contribution >= 0.6 is 0 Å². The summed E-state index contributed by atoms with van der Waals surface area (Å²) in [6.45, 7) is 3.81. The van der Waals surface area contributed by atoms with E-state index in [0.29, 0.717) is 43.9 Å². The number of hydrogen-bond donors (Lipinski definition) is 3. The van der Waals surface area contributed by atoms with E-state index in [-0.39, 0.29) is 21.8 Å². The lowest BCUT2D eigenvalue weighted by molar-refractivity contribution is -0.128. The fraction of sp³-hybridized carbons (Fsp3) is 0.364. The van der Waals surface area contributed by atoms with E-state index >= 15 is 0 Å². The van der Waals surface area contributed by atoms with E-state index in [1.165, 1.54) is 6.07 Å². The summed E-state index contributed by atoms with van der Waals surface area (Å²) >= 11 is 0. The van der Waals surface area contributed by atoms with E-state index in [0.717, 1.165) is 12.0 Å². The zero-order chi connectivity index (χ0) is 22.2. The smallest absolute Gasteiger partial charge is 0.261 e. The summed E-state index contributed by atoms with van der Waals surface area (Å²) in [7, 11) is -3.86. The normalized spacial score (nSPS) is 18.1. The van der Waals surface area contributed by atoms with Gasteiger partial charge in [0.15, 0.2) is 0 Å². The minimum absolute atomic E-state index is 0.108. The van der Waals surface area contributed by atoms with Crippen LogP contribution in [-0.2, 0) is 14.8 Å². The van der Waals surface area contributed by atoms with Gasteiger partial charge in [-0.3, -0.25) is 14.3 Å². The minimum Gasteiger partial charge on any atom is -0.370 e.